The van der Waals surface area contributed by atoms with Crippen LogP contribution >= 0.6 is 0 Å². The van der Waals surface area contributed by atoms with E-state index in [1.54, 1.807) is 26.4 Å². The molecular formula is C16H23NO4. The highest BCUT2D eigenvalue weighted by molar-refractivity contribution is 5.78. The van der Waals surface area contributed by atoms with Crippen LogP contribution in [0.2, 0.25) is 0 Å². The topological polar surface area (TPSA) is 56.8 Å². The van der Waals surface area contributed by atoms with Gasteiger partial charge >= 0.3 is 0 Å². The Morgan fingerprint density at radius 2 is 1.95 bits per heavy atom. The van der Waals surface area contributed by atoms with Crippen molar-refractivity contribution in [1.29, 1.82) is 0 Å². The van der Waals surface area contributed by atoms with Crippen LogP contribution in [0.3, 0.4) is 0 Å². The lowest BCUT2D eigenvalue weighted by Gasteiger charge is -2.10. The molecule has 0 atom stereocenters. The van der Waals surface area contributed by atoms with Crippen molar-refractivity contribution in [1.82, 2.24) is 5.32 Å². The van der Waals surface area contributed by atoms with E-state index in [4.69, 9.17) is 14.2 Å². The summed E-state index contributed by atoms with van der Waals surface area (Å²) in [7, 11) is 3.15. The van der Waals surface area contributed by atoms with E-state index in [0.29, 0.717) is 37.7 Å². The second-order valence-electron chi connectivity index (χ2n) is 4.73. The van der Waals surface area contributed by atoms with Crippen molar-refractivity contribution in [3.8, 4) is 11.5 Å². The maximum absolute atomic E-state index is 11.8. The zero-order valence-corrected chi connectivity index (χ0v) is 12.9. The van der Waals surface area contributed by atoms with Gasteiger partial charge in [0.2, 0.25) is 5.91 Å². The predicted molar refractivity (Wildman–Crippen MR) is 81.9 cm³/mol. The van der Waals surface area contributed by atoms with Crippen molar-refractivity contribution in [2.45, 2.75) is 13.3 Å². The normalized spacial score (nSPS) is 10.0. The van der Waals surface area contributed by atoms with Crippen LogP contribution in [-0.2, 0) is 16.0 Å². The molecule has 0 saturated carbocycles. The molecule has 1 aromatic carbocycles. The molecule has 5 nitrogen and oxygen atoms in total. The van der Waals surface area contributed by atoms with Crippen molar-refractivity contribution in [3.63, 3.8) is 0 Å². The van der Waals surface area contributed by atoms with Gasteiger partial charge in [0.25, 0.3) is 0 Å². The monoisotopic (exact) mass is 293 g/mol. The minimum Gasteiger partial charge on any atom is -0.493 e. The smallest absolute Gasteiger partial charge is 0.224 e. The van der Waals surface area contributed by atoms with Gasteiger partial charge in [-0.1, -0.05) is 18.2 Å². The first-order valence-corrected chi connectivity index (χ1v) is 6.76. The van der Waals surface area contributed by atoms with Gasteiger partial charge < -0.3 is 19.5 Å². The lowest BCUT2D eigenvalue weighted by molar-refractivity contribution is -0.120. The molecule has 0 aromatic heterocycles. The minimum atomic E-state index is -0.0545. The molecule has 0 aliphatic heterocycles. The Morgan fingerprint density at radius 1 is 1.24 bits per heavy atom. The number of carbonyl (C=O) groups is 1. The van der Waals surface area contributed by atoms with Gasteiger partial charge in [-0.25, -0.2) is 0 Å². The Kier molecular flexibility index (Phi) is 7.32. The van der Waals surface area contributed by atoms with Gasteiger partial charge in [0.1, 0.15) is 0 Å². The van der Waals surface area contributed by atoms with E-state index >= 15 is 0 Å². The molecule has 0 radical (unpaired) electrons. The molecule has 0 fully saturated rings. The van der Waals surface area contributed by atoms with E-state index in [0.717, 1.165) is 11.1 Å². The maximum atomic E-state index is 11.8. The predicted octanol–water partition coefficient (Wildman–Crippen LogP) is 1.96. The Balaban J connectivity index is 2.39. The van der Waals surface area contributed by atoms with E-state index in [2.05, 4.69) is 11.9 Å². The third kappa shape index (κ3) is 6.31. The number of hydrogen-bond acceptors (Lipinski definition) is 4. The van der Waals surface area contributed by atoms with Gasteiger partial charge in [0.05, 0.1) is 33.9 Å². The van der Waals surface area contributed by atoms with Crippen LogP contribution in [-0.4, -0.2) is 39.9 Å². The Labute approximate surface area is 125 Å². The van der Waals surface area contributed by atoms with Crippen molar-refractivity contribution in [3.05, 3.63) is 35.9 Å². The number of benzene rings is 1. The first-order valence-electron chi connectivity index (χ1n) is 6.76. The van der Waals surface area contributed by atoms with Crippen LogP contribution in [0.25, 0.3) is 0 Å². The summed E-state index contributed by atoms with van der Waals surface area (Å²) >= 11 is 0. The Hall–Kier alpha value is -2.01. The first kappa shape index (κ1) is 17.0. The van der Waals surface area contributed by atoms with Crippen LogP contribution in [0.15, 0.2) is 30.4 Å². The fourth-order valence-electron chi connectivity index (χ4n) is 1.75. The number of carbonyl (C=O) groups excluding carboxylic acids is 1. The van der Waals surface area contributed by atoms with Gasteiger partial charge in [-0.2, -0.15) is 0 Å². The third-order valence-electron chi connectivity index (χ3n) is 2.73. The molecule has 0 spiro atoms. The van der Waals surface area contributed by atoms with Crippen molar-refractivity contribution < 1.29 is 19.0 Å². The highest BCUT2D eigenvalue weighted by Crippen LogP contribution is 2.27. The van der Waals surface area contributed by atoms with Gasteiger partial charge in [0.15, 0.2) is 11.5 Å². The van der Waals surface area contributed by atoms with E-state index in [-0.39, 0.29) is 5.91 Å². The summed E-state index contributed by atoms with van der Waals surface area (Å²) in [4.78, 5) is 11.8. The zero-order chi connectivity index (χ0) is 15.7. The van der Waals surface area contributed by atoms with Crippen molar-refractivity contribution in [2.24, 2.45) is 0 Å². The van der Waals surface area contributed by atoms with E-state index in [1.807, 2.05) is 13.0 Å². The molecule has 21 heavy (non-hydrogen) atoms. The standard InChI is InChI=1S/C16H23NO4/c1-12(2)11-21-8-7-17-16(18)10-13-5-6-14(19-3)15(9-13)20-4/h5-6,9H,1,7-8,10-11H2,2-4H3,(H,17,18). The molecular weight excluding hydrogens is 270 g/mol. The fraction of sp³-hybridized carbons (Fsp3) is 0.438. The number of rotatable bonds is 9. The summed E-state index contributed by atoms with van der Waals surface area (Å²) in [6.45, 7) is 7.12. The number of ether oxygens (including phenoxy) is 3. The molecule has 1 aromatic rings. The van der Waals surface area contributed by atoms with Crippen molar-refractivity contribution in [2.75, 3.05) is 34.0 Å². The summed E-state index contributed by atoms with van der Waals surface area (Å²) in [5, 5.41) is 2.81. The summed E-state index contributed by atoms with van der Waals surface area (Å²) in [5.41, 5.74) is 1.83. The number of amides is 1. The van der Waals surface area contributed by atoms with E-state index in [1.165, 1.54) is 0 Å². The highest BCUT2D eigenvalue weighted by Gasteiger charge is 2.08. The van der Waals surface area contributed by atoms with Crippen LogP contribution in [0.1, 0.15) is 12.5 Å². The van der Waals surface area contributed by atoms with Gasteiger partial charge in [-0.3, -0.25) is 4.79 Å². The highest BCUT2D eigenvalue weighted by atomic mass is 16.5. The van der Waals surface area contributed by atoms with Crippen LogP contribution < -0.4 is 14.8 Å². The minimum absolute atomic E-state index is 0.0545. The molecule has 1 amide bonds. The molecule has 1 N–H and O–H groups in total. The summed E-state index contributed by atoms with van der Waals surface area (Å²) in [6, 6.07) is 5.44. The van der Waals surface area contributed by atoms with Gasteiger partial charge in [-0.05, 0) is 24.6 Å². The maximum Gasteiger partial charge on any atom is 0.224 e. The number of nitrogens with one attached hydrogen (secondary N) is 1. The van der Waals surface area contributed by atoms with Gasteiger partial charge in [-0.15, -0.1) is 0 Å². The van der Waals surface area contributed by atoms with Crippen LogP contribution in [0.5, 0.6) is 11.5 Å². The molecule has 0 aliphatic carbocycles. The molecule has 116 valence electrons. The first-order chi connectivity index (χ1) is 10.1. The zero-order valence-electron chi connectivity index (χ0n) is 12.9. The number of methoxy groups -OCH3 is 2. The average Bonchev–Trinajstić information content (AvgIpc) is 2.46. The lowest BCUT2D eigenvalue weighted by Crippen LogP contribution is -2.28. The summed E-state index contributed by atoms with van der Waals surface area (Å²) < 4.78 is 15.7. The average molecular weight is 293 g/mol. The number of hydrogen-bond donors (Lipinski definition) is 1. The van der Waals surface area contributed by atoms with E-state index < -0.39 is 0 Å². The molecule has 0 aliphatic rings. The summed E-state index contributed by atoms with van der Waals surface area (Å²) in [6.07, 6.45) is 0.293. The van der Waals surface area contributed by atoms with Crippen molar-refractivity contribution >= 4 is 5.91 Å². The molecule has 0 saturated heterocycles. The molecule has 0 heterocycles. The quantitative estimate of drug-likeness (QED) is 0.558. The third-order valence-corrected chi connectivity index (χ3v) is 2.73. The van der Waals surface area contributed by atoms with Gasteiger partial charge in [0, 0.05) is 6.54 Å². The van der Waals surface area contributed by atoms with E-state index in [9.17, 15) is 4.79 Å². The second-order valence-corrected chi connectivity index (χ2v) is 4.73. The summed E-state index contributed by atoms with van der Waals surface area (Å²) in [5.74, 6) is 1.21. The molecule has 5 heteroatoms. The van der Waals surface area contributed by atoms with Crippen LogP contribution in [0, 0.1) is 0 Å². The van der Waals surface area contributed by atoms with Crippen LogP contribution in [0.4, 0.5) is 0 Å². The Morgan fingerprint density at radius 3 is 2.57 bits per heavy atom. The second kappa shape index (κ2) is 9.02. The molecule has 0 unspecified atom stereocenters. The molecule has 0 bridgehead atoms. The Bertz CT molecular complexity index is 485. The largest absolute Gasteiger partial charge is 0.493 e. The lowest BCUT2D eigenvalue weighted by atomic mass is 10.1. The SMILES string of the molecule is C=C(C)COCCNC(=O)Cc1ccc(OC)c(OC)c1. The molecule has 1 rings (SSSR count). The fourth-order valence-corrected chi connectivity index (χ4v) is 1.75.